The van der Waals surface area contributed by atoms with Crippen LogP contribution in [0.25, 0.3) is 10.9 Å². The van der Waals surface area contributed by atoms with Gasteiger partial charge in [-0.3, -0.25) is 9.78 Å². The number of carbonyl (C=O) groups is 1. The summed E-state index contributed by atoms with van der Waals surface area (Å²) in [6, 6.07) is 15.1. The van der Waals surface area contributed by atoms with E-state index >= 15 is 0 Å². The molecule has 0 radical (unpaired) electrons. The Labute approximate surface area is 199 Å². The maximum absolute atomic E-state index is 13.7. The number of rotatable bonds is 5. The summed E-state index contributed by atoms with van der Waals surface area (Å²) in [5.41, 5.74) is 7.78. The molecule has 9 heteroatoms. The highest BCUT2D eigenvalue weighted by Gasteiger charge is 2.31. The van der Waals surface area contributed by atoms with E-state index in [2.05, 4.69) is 9.97 Å². The summed E-state index contributed by atoms with van der Waals surface area (Å²) in [6.07, 6.45) is -3.75. The fourth-order valence-corrected chi connectivity index (χ4v) is 3.81. The molecule has 0 aliphatic carbocycles. The van der Waals surface area contributed by atoms with E-state index in [1.807, 2.05) is 13.0 Å². The first-order chi connectivity index (χ1) is 16.5. The minimum absolute atomic E-state index is 0.0369. The molecule has 2 heterocycles. The summed E-state index contributed by atoms with van der Waals surface area (Å²) >= 11 is 0. The van der Waals surface area contributed by atoms with Crippen molar-refractivity contribution < 1.29 is 23.1 Å². The summed E-state index contributed by atoms with van der Waals surface area (Å²) in [7, 11) is 0. The lowest BCUT2D eigenvalue weighted by molar-refractivity contribution is -0.137. The van der Waals surface area contributed by atoms with Crippen molar-refractivity contribution in [2.75, 3.05) is 5.73 Å². The molecular formula is C26H23F3N4O2. The molecule has 0 spiro atoms. The minimum Gasteiger partial charge on any atom is -0.508 e. The molecule has 0 saturated heterocycles. The lowest BCUT2D eigenvalue weighted by atomic mass is 10.0. The number of nitrogen functional groups attached to an aromatic ring is 1. The van der Waals surface area contributed by atoms with Crippen molar-refractivity contribution in [3.05, 3.63) is 94.8 Å². The van der Waals surface area contributed by atoms with Crippen molar-refractivity contribution in [1.29, 1.82) is 0 Å². The van der Waals surface area contributed by atoms with Crippen LogP contribution in [0.2, 0.25) is 0 Å². The summed E-state index contributed by atoms with van der Waals surface area (Å²) in [5, 5.41) is 10.7. The summed E-state index contributed by atoms with van der Waals surface area (Å²) in [4.78, 5) is 23.5. The molecule has 35 heavy (non-hydrogen) atoms. The van der Waals surface area contributed by atoms with Gasteiger partial charge in [-0.2, -0.15) is 13.2 Å². The molecule has 1 amide bonds. The predicted octanol–water partition coefficient (Wildman–Crippen LogP) is 5.65. The highest BCUT2D eigenvalue weighted by Crippen LogP contribution is 2.30. The van der Waals surface area contributed by atoms with Crippen LogP contribution in [0.5, 0.6) is 5.75 Å². The van der Waals surface area contributed by atoms with Crippen molar-refractivity contribution in [3.63, 3.8) is 0 Å². The number of hydrogen-bond donors (Lipinski definition) is 2. The highest BCUT2D eigenvalue weighted by atomic mass is 19.4. The first kappa shape index (κ1) is 24.0. The zero-order valence-corrected chi connectivity index (χ0v) is 19.0. The van der Waals surface area contributed by atoms with Crippen LogP contribution < -0.4 is 5.73 Å². The molecule has 2 aromatic heterocycles. The SMILES string of the molecule is Cc1cc2cc(C(=O)N(Cc3ccc(C(F)(F)F)cn3)[C@@H](C)c3cccc(O)c3)ccc2nc1N. The van der Waals surface area contributed by atoms with Gasteiger partial charge in [-0.25, -0.2) is 4.98 Å². The van der Waals surface area contributed by atoms with Crippen LogP contribution in [-0.4, -0.2) is 25.9 Å². The van der Waals surface area contributed by atoms with Crippen LogP contribution in [0, 0.1) is 6.92 Å². The Morgan fingerprint density at radius 3 is 2.54 bits per heavy atom. The van der Waals surface area contributed by atoms with E-state index < -0.39 is 17.8 Å². The monoisotopic (exact) mass is 480 g/mol. The van der Waals surface area contributed by atoms with E-state index in [9.17, 15) is 23.1 Å². The quantitative estimate of drug-likeness (QED) is 0.385. The molecule has 3 N–H and O–H groups in total. The fraction of sp³-hybridized carbons (Fsp3) is 0.192. The van der Waals surface area contributed by atoms with Crippen molar-refractivity contribution in [1.82, 2.24) is 14.9 Å². The molecule has 0 fully saturated rings. The van der Waals surface area contributed by atoms with Gasteiger partial charge in [-0.15, -0.1) is 0 Å². The average molecular weight is 480 g/mol. The lowest BCUT2D eigenvalue weighted by Gasteiger charge is -2.30. The second-order valence-corrected chi connectivity index (χ2v) is 8.34. The van der Waals surface area contributed by atoms with E-state index in [4.69, 9.17) is 5.73 Å². The number of nitrogens with two attached hydrogens (primary N) is 1. The number of pyridine rings is 2. The third kappa shape index (κ3) is 5.18. The van der Waals surface area contributed by atoms with E-state index in [-0.39, 0.29) is 18.2 Å². The number of phenolic OH excluding ortho intramolecular Hbond substituents is 1. The molecule has 180 valence electrons. The van der Waals surface area contributed by atoms with E-state index in [1.165, 1.54) is 17.0 Å². The Bertz CT molecular complexity index is 1390. The van der Waals surface area contributed by atoms with Crippen LogP contribution in [-0.2, 0) is 12.7 Å². The van der Waals surface area contributed by atoms with Crippen molar-refractivity contribution in [2.45, 2.75) is 32.6 Å². The largest absolute Gasteiger partial charge is 0.508 e. The van der Waals surface area contributed by atoms with Gasteiger partial charge in [0, 0.05) is 17.1 Å². The number of fused-ring (bicyclic) bond motifs is 1. The summed E-state index contributed by atoms with van der Waals surface area (Å²) < 4.78 is 38.9. The molecule has 6 nitrogen and oxygen atoms in total. The van der Waals surface area contributed by atoms with E-state index in [0.29, 0.717) is 28.2 Å². The molecule has 0 aliphatic rings. The number of benzene rings is 2. The van der Waals surface area contributed by atoms with Gasteiger partial charge in [0.05, 0.1) is 29.4 Å². The Morgan fingerprint density at radius 2 is 1.89 bits per heavy atom. The van der Waals surface area contributed by atoms with Crippen LogP contribution in [0.15, 0.2) is 66.9 Å². The van der Waals surface area contributed by atoms with Gasteiger partial charge in [0.15, 0.2) is 0 Å². The number of aryl methyl sites for hydroxylation is 1. The number of nitrogens with zero attached hydrogens (tertiary/aromatic N) is 3. The van der Waals surface area contributed by atoms with Gasteiger partial charge < -0.3 is 15.7 Å². The minimum atomic E-state index is -4.50. The van der Waals surface area contributed by atoms with Gasteiger partial charge in [-0.1, -0.05) is 12.1 Å². The number of alkyl halides is 3. The van der Waals surface area contributed by atoms with E-state index in [1.54, 1.807) is 43.3 Å². The standard InChI is InChI=1S/C26H23F3N4O2/c1-15-10-19-11-18(6-9-23(19)32-24(15)30)25(35)33(16(2)17-4-3-5-22(34)12-17)14-21-8-7-20(13-31-21)26(27,28)29/h3-13,16,34H,14H2,1-2H3,(H2,30,32)/t16-/m0/s1. The van der Waals surface area contributed by atoms with Crippen LogP contribution >= 0.6 is 0 Å². The number of halogens is 3. The van der Waals surface area contributed by atoms with Gasteiger partial charge >= 0.3 is 6.18 Å². The summed E-state index contributed by atoms with van der Waals surface area (Å²) in [5.74, 6) is 0.0993. The maximum Gasteiger partial charge on any atom is 0.417 e. The van der Waals surface area contributed by atoms with Crippen LogP contribution in [0.3, 0.4) is 0 Å². The Hall–Kier alpha value is -4.14. The number of aromatic hydroxyl groups is 1. The normalized spacial score (nSPS) is 12.5. The molecule has 0 unspecified atom stereocenters. The number of aromatic nitrogens is 2. The second-order valence-electron chi connectivity index (χ2n) is 8.34. The fourth-order valence-electron chi connectivity index (χ4n) is 3.81. The van der Waals surface area contributed by atoms with E-state index in [0.717, 1.165) is 23.2 Å². The number of hydrogen-bond acceptors (Lipinski definition) is 5. The average Bonchev–Trinajstić information content (AvgIpc) is 2.82. The summed E-state index contributed by atoms with van der Waals surface area (Å²) in [6.45, 7) is 3.57. The molecule has 4 rings (SSSR count). The lowest BCUT2D eigenvalue weighted by Crippen LogP contribution is -2.33. The third-order valence-electron chi connectivity index (χ3n) is 5.86. The van der Waals surface area contributed by atoms with Gasteiger partial charge in [-0.05, 0) is 73.5 Å². The highest BCUT2D eigenvalue weighted by molar-refractivity contribution is 5.98. The molecule has 0 aliphatic heterocycles. The van der Waals surface area contributed by atoms with Gasteiger partial charge in [0.2, 0.25) is 0 Å². The van der Waals surface area contributed by atoms with Crippen molar-refractivity contribution >= 4 is 22.6 Å². The third-order valence-corrected chi connectivity index (χ3v) is 5.86. The Morgan fingerprint density at radius 1 is 1.11 bits per heavy atom. The first-order valence-corrected chi connectivity index (χ1v) is 10.8. The number of phenols is 1. The first-order valence-electron chi connectivity index (χ1n) is 10.8. The molecule has 1 atom stereocenters. The van der Waals surface area contributed by atoms with Crippen LogP contribution in [0.4, 0.5) is 19.0 Å². The smallest absolute Gasteiger partial charge is 0.417 e. The zero-order chi connectivity index (χ0) is 25.3. The van der Waals surface area contributed by atoms with Crippen molar-refractivity contribution in [2.24, 2.45) is 0 Å². The zero-order valence-electron chi connectivity index (χ0n) is 19.0. The second kappa shape index (κ2) is 9.25. The Balaban J connectivity index is 1.72. The molecule has 0 saturated carbocycles. The number of amides is 1. The van der Waals surface area contributed by atoms with Gasteiger partial charge in [0.1, 0.15) is 11.6 Å². The molecule has 0 bridgehead atoms. The van der Waals surface area contributed by atoms with Crippen molar-refractivity contribution in [3.8, 4) is 5.75 Å². The molecular weight excluding hydrogens is 457 g/mol. The molecule has 4 aromatic rings. The number of anilines is 1. The van der Waals surface area contributed by atoms with Crippen LogP contribution in [0.1, 0.15) is 45.7 Å². The topological polar surface area (TPSA) is 92.3 Å². The maximum atomic E-state index is 13.7. The predicted molar refractivity (Wildman–Crippen MR) is 127 cm³/mol. The molecule has 2 aromatic carbocycles. The number of carbonyl (C=O) groups excluding carboxylic acids is 1. The Kier molecular flexibility index (Phi) is 6.34. The van der Waals surface area contributed by atoms with Gasteiger partial charge in [0.25, 0.3) is 5.91 Å².